The lowest BCUT2D eigenvalue weighted by molar-refractivity contribution is -0.142. The molecule has 0 aliphatic rings. The van der Waals surface area contributed by atoms with Crippen LogP contribution in [-0.4, -0.2) is 29.9 Å². The van der Waals surface area contributed by atoms with Crippen molar-refractivity contribution >= 4 is 16.9 Å². The fraction of sp³-hybridized carbons (Fsp3) is 0.200. The van der Waals surface area contributed by atoms with Gasteiger partial charge in [0.1, 0.15) is 5.75 Å². The van der Waals surface area contributed by atoms with E-state index < -0.39 is 5.97 Å². The molecule has 0 fully saturated rings. The molecule has 0 saturated carbocycles. The maximum absolute atomic E-state index is 10.8. The molecule has 0 saturated heterocycles. The molecule has 0 atom stereocenters. The third-order valence-electron chi connectivity index (χ3n) is 2.00. The average Bonchev–Trinajstić information content (AvgIpc) is 2.72. The molecular formula is C10H10N2O3. The number of esters is 1. The van der Waals surface area contributed by atoms with Gasteiger partial charge in [-0.05, 0) is 18.2 Å². The molecule has 5 heteroatoms. The van der Waals surface area contributed by atoms with Crippen molar-refractivity contribution < 1.29 is 14.3 Å². The Labute approximate surface area is 86.0 Å². The van der Waals surface area contributed by atoms with Gasteiger partial charge in [0.2, 0.25) is 0 Å². The average molecular weight is 206 g/mol. The summed E-state index contributed by atoms with van der Waals surface area (Å²) in [5.41, 5.74) is 0.931. The Kier molecular flexibility index (Phi) is 2.53. The summed E-state index contributed by atoms with van der Waals surface area (Å²) in [5, 5.41) is 7.65. The number of H-pyrrole nitrogens is 1. The molecule has 78 valence electrons. The number of fused-ring (bicyclic) bond motifs is 1. The number of benzene rings is 1. The second kappa shape index (κ2) is 4.00. The summed E-state index contributed by atoms with van der Waals surface area (Å²) >= 11 is 0. The van der Waals surface area contributed by atoms with E-state index in [1.54, 1.807) is 12.3 Å². The van der Waals surface area contributed by atoms with Crippen LogP contribution in [0.25, 0.3) is 10.9 Å². The molecule has 1 heterocycles. The highest BCUT2D eigenvalue weighted by Gasteiger charge is 2.02. The van der Waals surface area contributed by atoms with Gasteiger partial charge in [-0.15, -0.1) is 0 Å². The van der Waals surface area contributed by atoms with Crippen molar-refractivity contribution in [3.63, 3.8) is 0 Å². The second-order valence-electron chi connectivity index (χ2n) is 2.98. The van der Waals surface area contributed by atoms with Crippen LogP contribution in [0.4, 0.5) is 0 Å². The van der Waals surface area contributed by atoms with Gasteiger partial charge >= 0.3 is 5.97 Å². The Hall–Kier alpha value is -2.04. The number of aromatic nitrogens is 2. The van der Waals surface area contributed by atoms with E-state index >= 15 is 0 Å². The smallest absolute Gasteiger partial charge is 0.343 e. The topological polar surface area (TPSA) is 64.2 Å². The molecule has 0 amide bonds. The van der Waals surface area contributed by atoms with Crippen molar-refractivity contribution in [2.45, 2.75) is 0 Å². The molecule has 0 radical (unpaired) electrons. The molecule has 2 aromatic rings. The lowest BCUT2D eigenvalue weighted by Crippen LogP contribution is -2.12. The summed E-state index contributed by atoms with van der Waals surface area (Å²) in [7, 11) is 1.32. The fourth-order valence-electron chi connectivity index (χ4n) is 1.21. The molecular weight excluding hydrogens is 196 g/mol. The second-order valence-corrected chi connectivity index (χ2v) is 2.98. The first-order chi connectivity index (χ1) is 7.29. The Morgan fingerprint density at radius 2 is 2.40 bits per heavy atom. The van der Waals surface area contributed by atoms with Crippen LogP contribution in [0.3, 0.4) is 0 Å². The number of nitrogens with zero attached hydrogens (tertiary/aromatic N) is 1. The van der Waals surface area contributed by atoms with Crippen LogP contribution < -0.4 is 4.74 Å². The zero-order valence-corrected chi connectivity index (χ0v) is 8.19. The minimum Gasteiger partial charge on any atom is -0.482 e. The lowest BCUT2D eigenvalue weighted by atomic mass is 10.2. The number of hydrogen-bond donors (Lipinski definition) is 1. The highest BCUT2D eigenvalue weighted by atomic mass is 16.6. The summed E-state index contributed by atoms with van der Waals surface area (Å²) in [5.74, 6) is 0.219. The van der Waals surface area contributed by atoms with E-state index in [9.17, 15) is 4.79 Å². The van der Waals surface area contributed by atoms with E-state index in [0.717, 1.165) is 10.9 Å². The zero-order chi connectivity index (χ0) is 10.7. The van der Waals surface area contributed by atoms with E-state index in [1.165, 1.54) is 7.11 Å². The van der Waals surface area contributed by atoms with Gasteiger partial charge in [-0.3, -0.25) is 5.10 Å². The van der Waals surface area contributed by atoms with Gasteiger partial charge in [0.15, 0.2) is 6.61 Å². The van der Waals surface area contributed by atoms with Gasteiger partial charge in [-0.25, -0.2) is 4.79 Å². The number of nitrogens with one attached hydrogen (secondary N) is 1. The first-order valence-corrected chi connectivity index (χ1v) is 4.42. The maximum atomic E-state index is 10.8. The number of ether oxygens (including phenoxy) is 2. The summed E-state index contributed by atoms with van der Waals surface area (Å²) in [4.78, 5) is 10.8. The molecule has 0 unspecified atom stereocenters. The number of carbonyl (C=O) groups excluding carboxylic acids is 1. The predicted octanol–water partition coefficient (Wildman–Crippen LogP) is 1.11. The van der Waals surface area contributed by atoms with Crippen molar-refractivity contribution in [2.75, 3.05) is 13.7 Å². The van der Waals surface area contributed by atoms with Crippen LogP contribution in [0, 0.1) is 0 Å². The Morgan fingerprint density at radius 1 is 1.53 bits per heavy atom. The largest absolute Gasteiger partial charge is 0.482 e. The van der Waals surface area contributed by atoms with Crippen molar-refractivity contribution in [3.05, 3.63) is 24.4 Å². The Bertz CT molecular complexity index is 478. The van der Waals surface area contributed by atoms with Crippen LogP contribution in [0.2, 0.25) is 0 Å². The summed E-state index contributed by atoms with van der Waals surface area (Å²) in [6.45, 7) is -0.0835. The first-order valence-electron chi connectivity index (χ1n) is 4.42. The van der Waals surface area contributed by atoms with Crippen molar-refractivity contribution in [2.24, 2.45) is 0 Å². The van der Waals surface area contributed by atoms with E-state index in [-0.39, 0.29) is 6.61 Å². The number of rotatable bonds is 3. The first kappa shape index (κ1) is 9.51. The van der Waals surface area contributed by atoms with E-state index in [4.69, 9.17) is 4.74 Å². The van der Waals surface area contributed by atoms with Gasteiger partial charge in [-0.1, -0.05) is 0 Å². The third-order valence-corrected chi connectivity index (χ3v) is 2.00. The lowest BCUT2D eigenvalue weighted by Gasteiger charge is -2.03. The normalized spacial score (nSPS) is 10.2. The van der Waals surface area contributed by atoms with E-state index in [1.807, 2.05) is 12.1 Å². The molecule has 0 spiro atoms. The van der Waals surface area contributed by atoms with Crippen molar-refractivity contribution in [1.82, 2.24) is 10.2 Å². The predicted molar refractivity (Wildman–Crippen MR) is 53.6 cm³/mol. The molecule has 1 N–H and O–H groups in total. The summed E-state index contributed by atoms with van der Waals surface area (Å²) in [6, 6.07) is 5.42. The number of carbonyl (C=O) groups is 1. The molecule has 5 nitrogen and oxygen atoms in total. The van der Waals surface area contributed by atoms with Gasteiger partial charge in [0, 0.05) is 5.39 Å². The van der Waals surface area contributed by atoms with Crippen LogP contribution in [-0.2, 0) is 9.53 Å². The van der Waals surface area contributed by atoms with Gasteiger partial charge in [-0.2, -0.15) is 5.10 Å². The number of aromatic amines is 1. The molecule has 0 aliphatic heterocycles. The van der Waals surface area contributed by atoms with Crippen LogP contribution in [0.1, 0.15) is 0 Å². The zero-order valence-electron chi connectivity index (χ0n) is 8.19. The van der Waals surface area contributed by atoms with Crippen molar-refractivity contribution in [3.8, 4) is 5.75 Å². The van der Waals surface area contributed by atoms with Crippen LogP contribution >= 0.6 is 0 Å². The Morgan fingerprint density at radius 3 is 3.20 bits per heavy atom. The molecule has 0 aliphatic carbocycles. The highest BCUT2D eigenvalue weighted by Crippen LogP contribution is 2.18. The molecule has 1 aromatic carbocycles. The standard InChI is InChI=1S/C10H10N2O3/c1-14-10(13)6-15-8-2-3-9-7(4-8)5-11-12-9/h2-5H,6H2,1H3,(H,11,12). The van der Waals surface area contributed by atoms with E-state index in [2.05, 4.69) is 14.9 Å². The highest BCUT2D eigenvalue weighted by molar-refractivity contribution is 5.79. The maximum Gasteiger partial charge on any atom is 0.343 e. The quantitative estimate of drug-likeness (QED) is 0.764. The molecule has 2 rings (SSSR count). The van der Waals surface area contributed by atoms with Gasteiger partial charge in [0.25, 0.3) is 0 Å². The Balaban J connectivity index is 2.11. The molecule has 1 aromatic heterocycles. The third kappa shape index (κ3) is 2.07. The van der Waals surface area contributed by atoms with E-state index in [0.29, 0.717) is 5.75 Å². The number of hydrogen-bond acceptors (Lipinski definition) is 4. The molecule has 0 bridgehead atoms. The minimum absolute atomic E-state index is 0.0835. The summed E-state index contributed by atoms with van der Waals surface area (Å²) in [6.07, 6.45) is 1.69. The SMILES string of the molecule is COC(=O)COc1ccc2[nH]ncc2c1. The minimum atomic E-state index is -0.401. The molecule has 15 heavy (non-hydrogen) atoms. The monoisotopic (exact) mass is 206 g/mol. The van der Waals surface area contributed by atoms with Gasteiger partial charge < -0.3 is 9.47 Å². The van der Waals surface area contributed by atoms with Gasteiger partial charge in [0.05, 0.1) is 18.8 Å². The fourth-order valence-corrected chi connectivity index (χ4v) is 1.21. The van der Waals surface area contributed by atoms with Crippen LogP contribution in [0.5, 0.6) is 5.75 Å². The van der Waals surface area contributed by atoms with Crippen LogP contribution in [0.15, 0.2) is 24.4 Å². The van der Waals surface area contributed by atoms with Crippen molar-refractivity contribution in [1.29, 1.82) is 0 Å². The summed E-state index contributed by atoms with van der Waals surface area (Å²) < 4.78 is 9.68. The number of methoxy groups -OCH3 is 1.